The number of aryl methyl sites for hydroxylation is 2. The first kappa shape index (κ1) is 13.3. The molecule has 1 aliphatic rings. The minimum Gasteiger partial charge on any atom is -0.367 e. The summed E-state index contributed by atoms with van der Waals surface area (Å²) in [5.41, 5.74) is 3.56. The van der Waals surface area contributed by atoms with Crippen LogP contribution in [-0.4, -0.2) is 30.7 Å². The summed E-state index contributed by atoms with van der Waals surface area (Å²) < 4.78 is 0. The molecule has 3 nitrogen and oxygen atoms in total. The third kappa shape index (κ3) is 2.83. The van der Waals surface area contributed by atoms with Crippen LogP contribution >= 0.6 is 0 Å². The number of hydrogen-bond acceptors (Lipinski definition) is 3. The molecular weight excluding hydrogens is 222 g/mol. The summed E-state index contributed by atoms with van der Waals surface area (Å²) in [6.45, 7) is 12.0. The van der Waals surface area contributed by atoms with Crippen LogP contribution in [0, 0.1) is 19.8 Å². The minimum atomic E-state index is 0.601. The molecule has 0 bridgehead atoms. The number of anilines is 1. The fourth-order valence-electron chi connectivity index (χ4n) is 2.68. The van der Waals surface area contributed by atoms with E-state index in [4.69, 9.17) is 0 Å². The van der Waals surface area contributed by atoms with Crippen molar-refractivity contribution in [3.8, 4) is 0 Å². The second-order valence-electron chi connectivity index (χ2n) is 5.45. The lowest BCUT2D eigenvalue weighted by atomic mass is 9.97. The molecule has 1 aromatic rings. The normalized spacial score (nSPS) is 22.0. The molecular formula is C15H25N3. The van der Waals surface area contributed by atoms with Gasteiger partial charge in [0.15, 0.2) is 0 Å². The largest absolute Gasteiger partial charge is 0.367 e. The average Bonchev–Trinajstić information content (AvgIpc) is 2.38. The summed E-state index contributed by atoms with van der Waals surface area (Å²) in [4.78, 5) is 7.06. The second kappa shape index (κ2) is 5.70. The maximum atomic E-state index is 4.58. The van der Waals surface area contributed by atoms with E-state index >= 15 is 0 Å². The van der Waals surface area contributed by atoms with Crippen molar-refractivity contribution in [3.05, 3.63) is 23.5 Å². The number of pyridine rings is 1. The van der Waals surface area contributed by atoms with Gasteiger partial charge in [-0.1, -0.05) is 20.3 Å². The van der Waals surface area contributed by atoms with Gasteiger partial charge in [-0.15, -0.1) is 0 Å². The van der Waals surface area contributed by atoms with Gasteiger partial charge >= 0.3 is 0 Å². The molecule has 0 spiro atoms. The molecule has 2 atom stereocenters. The Hall–Kier alpha value is -1.09. The zero-order valence-electron chi connectivity index (χ0n) is 12.0. The molecule has 0 saturated carbocycles. The van der Waals surface area contributed by atoms with Crippen molar-refractivity contribution in [3.63, 3.8) is 0 Å². The van der Waals surface area contributed by atoms with E-state index in [2.05, 4.69) is 55.0 Å². The summed E-state index contributed by atoms with van der Waals surface area (Å²) in [6.07, 6.45) is 1.23. The fraction of sp³-hybridized carbons (Fsp3) is 0.667. The van der Waals surface area contributed by atoms with Gasteiger partial charge in [-0.2, -0.15) is 0 Å². The van der Waals surface area contributed by atoms with E-state index in [0.29, 0.717) is 6.04 Å². The van der Waals surface area contributed by atoms with E-state index in [1.54, 1.807) is 0 Å². The smallest absolute Gasteiger partial charge is 0.0608 e. The van der Waals surface area contributed by atoms with Crippen LogP contribution in [0.15, 0.2) is 12.1 Å². The number of rotatable bonds is 3. The molecule has 100 valence electrons. The number of aromatic nitrogens is 1. The maximum absolute atomic E-state index is 4.58. The van der Waals surface area contributed by atoms with E-state index in [9.17, 15) is 0 Å². The van der Waals surface area contributed by atoms with Crippen molar-refractivity contribution in [2.24, 2.45) is 5.92 Å². The summed E-state index contributed by atoms with van der Waals surface area (Å²) in [5.74, 6) is 0.728. The van der Waals surface area contributed by atoms with Gasteiger partial charge in [-0.3, -0.25) is 4.98 Å². The highest BCUT2D eigenvalue weighted by molar-refractivity contribution is 5.51. The van der Waals surface area contributed by atoms with Crippen molar-refractivity contribution < 1.29 is 0 Å². The highest BCUT2D eigenvalue weighted by Crippen LogP contribution is 2.22. The standard InChI is InChI=1S/C15H25N3/c1-5-11(2)14-10-18(9-8-16-14)15-7-6-12(3)17-13(15)4/h6-7,11,14,16H,5,8-10H2,1-4H3. The Morgan fingerprint density at radius 1 is 1.44 bits per heavy atom. The highest BCUT2D eigenvalue weighted by Gasteiger charge is 2.24. The number of hydrogen-bond donors (Lipinski definition) is 1. The molecule has 1 fully saturated rings. The molecule has 2 heterocycles. The first-order chi connectivity index (χ1) is 8.61. The Kier molecular flexibility index (Phi) is 4.23. The predicted octanol–water partition coefficient (Wildman–Crippen LogP) is 2.52. The monoisotopic (exact) mass is 247 g/mol. The fourth-order valence-corrected chi connectivity index (χ4v) is 2.68. The SMILES string of the molecule is CCC(C)C1CN(c2ccc(C)nc2C)CCN1. The van der Waals surface area contributed by atoms with Gasteiger partial charge in [-0.25, -0.2) is 0 Å². The van der Waals surface area contributed by atoms with Gasteiger partial charge in [0.05, 0.1) is 11.4 Å². The van der Waals surface area contributed by atoms with Gasteiger partial charge in [0.1, 0.15) is 0 Å². The average molecular weight is 247 g/mol. The van der Waals surface area contributed by atoms with Crippen LogP contribution in [0.25, 0.3) is 0 Å². The second-order valence-corrected chi connectivity index (χ2v) is 5.45. The number of piperazine rings is 1. The summed E-state index contributed by atoms with van der Waals surface area (Å²) in [6, 6.07) is 4.93. The van der Waals surface area contributed by atoms with Gasteiger partial charge in [-0.05, 0) is 31.9 Å². The minimum absolute atomic E-state index is 0.601. The lowest BCUT2D eigenvalue weighted by Gasteiger charge is -2.38. The third-order valence-electron chi connectivity index (χ3n) is 4.07. The van der Waals surface area contributed by atoms with Crippen molar-refractivity contribution in [2.45, 2.75) is 40.2 Å². The van der Waals surface area contributed by atoms with Crippen LogP contribution < -0.4 is 10.2 Å². The summed E-state index contributed by atoms with van der Waals surface area (Å²) >= 11 is 0. The van der Waals surface area contributed by atoms with Gasteiger partial charge < -0.3 is 10.2 Å². The van der Waals surface area contributed by atoms with Crippen molar-refractivity contribution >= 4 is 5.69 Å². The van der Waals surface area contributed by atoms with Gasteiger partial charge in [0, 0.05) is 31.4 Å². The molecule has 1 aliphatic heterocycles. The molecule has 1 aromatic heterocycles. The third-order valence-corrected chi connectivity index (χ3v) is 4.07. The predicted molar refractivity (Wildman–Crippen MR) is 77.2 cm³/mol. The maximum Gasteiger partial charge on any atom is 0.0608 e. The van der Waals surface area contributed by atoms with E-state index in [1.165, 1.54) is 12.1 Å². The zero-order valence-corrected chi connectivity index (χ0v) is 12.0. The Morgan fingerprint density at radius 2 is 2.22 bits per heavy atom. The van der Waals surface area contributed by atoms with Crippen LogP contribution in [0.2, 0.25) is 0 Å². The van der Waals surface area contributed by atoms with Crippen LogP contribution in [0.3, 0.4) is 0 Å². The van der Waals surface area contributed by atoms with E-state index in [0.717, 1.165) is 36.9 Å². The first-order valence-corrected chi connectivity index (χ1v) is 7.04. The molecule has 0 aliphatic carbocycles. The van der Waals surface area contributed by atoms with Gasteiger partial charge in [0.2, 0.25) is 0 Å². The first-order valence-electron chi connectivity index (χ1n) is 7.04. The molecule has 1 N–H and O–H groups in total. The van der Waals surface area contributed by atoms with E-state index in [-0.39, 0.29) is 0 Å². The molecule has 0 radical (unpaired) electrons. The molecule has 1 saturated heterocycles. The van der Waals surface area contributed by atoms with Gasteiger partial charge in [0.25, 0.3) is 0 Å². The topological polar surface area (TPSA) is 28.2 Å². The zero-order chi connectivity index (χ0) is 13.1. The van der Waals surface area contributed by atoms with Crippen molar-refractivity contribution in [2.75, 3.05) is 24.5 Å². The van der Waals surface area contributed by atoms with E-state index < -0.39 is 0 Å². The lowest BCUT2D eigenvalue weighted by Crippen LogP contribution is -2.53. The molecule has 3 heteroatoms. The molecule has 0 aromatic carbocycles. The Labute approximate surface area is 111 Å². The summed E-state index contributed by atoms with van der Waals surface area (Å²) in [7, 11) is 0. The Balaban J connectivity index is 2.13. The van der Waals surface area contributed by atoms with Crippen molar-refractivity contribution in [1.82, 2.24) is 10.3 Å². The van der Waals surface area contributed by atoms with Crippen LogP contribution in [0.4, 0.5) is 5.69 Å². The summed E-state index contributed by atoms with van der Waals surface area (Å²) in [5, 5.41) is 3.64. The van der Waals surface area contributed by atoms with E-state index in [1.807, 2.05) is 0 Å². The molecule has 2 rings (SSSR count). The number of nitrogens with one attached hydrogen (secondary N) is 1. The molecule has 2 unspecified atom stereocenters. The van der Waals surface area contributed by atoms with Crippen LogP contribution in [-0.2, 0) is 0 Å². The Bertz CT molecular complexity index is 403. The highest BCUT2D eigenvalue weighted by atomic mass is 15.2. The molecule has 18 heavy (non-hydrogen) atoms. The number of nitrogens with zero attached hydrogens (tertiary/aromatic N) is 2. The lowest BCUT2D eigenvalue weighted by molar-refractivity contribution is 0.341. The molecule has 0 amide bonds. The Morgan fingerprint density at radius 3 is 2.89 bits per heavy atom. The quantitative estimate of drug-likeness (QED) is 0.889. The van der Waals surface area contributed by atoms with Crippen LogP contribution in [0.1, 0.15) is 31.7 Å². The van der Waals surface area contributed by atoms with Crippen molar-refractivity contribution in [1.29, 1.82) is 0 Å². The van der Waals surface area contributed by atoms with Crippen LogP contribution in [0.5, 0.6) is 0 Å².